The second kappa shape index (κ2) is 4.72. The molecule has 4 nitrogen and oxygen atoms in total. The molecule has 2 fully saturated rings. The molecule has 92 valence electrons. The fourth-order valence-corrected chi connectivity index (χ4v) is 2.50. The molecule has 1 aliphatic heterocycles. The summed E-state index contributed by atoms with van der Waals surface area (Å²) in [5, 5.41) is 0. The minimum atomic E-state index is -0.354. The van der Waals surface area contributed by atoms with E-state index in [1.54, 1.807) is 6.92 Å². The van der Waals surface area contributed by atoms with Gasteiger partial charge in [-0.15, -0.1) is 0 Å². The van der Waals surface area contributed by atoms with Gasteiger partial charge in [0.1, 0.15) is 0 Å². The van der Waals surface area contributed by atoms with Crippen molar-refractivity contribution in [3.05, 3.63) is 0 Å². The number of hydrogen-bond acceptors (Lipinski definition) is 3. The second-order valence-electron chi connectivity index (χ2n) is 5.29. The first kappa shape index (κ1) is 11.9. The van der Waals surface area contributed by atoms with Crippen LogP contribution in [0.1, 0.15) is 32.6 Å². The number of carbonyl (C=O) groups is 1. The lowest BCUT2D eigenvalue weighted by atomic mass is 10.2. The summed E-state index contributed by atoms with van der Waals surface area (Å²) >= 11 is 0. The summed E-state index contributed by atoms with van der Waals surface area (Å²) in [5.74, 6) is 0.128. The summed E-state index contributed by atoms with van der Waals surface area (Å²) in [6, 6.07) is 0.670. The van der Waals surface area contributed by atoms with Gasteiger partial charge in [0.05, 0.1) is 6.04 Å². The van der Waals surface area contributed by atoms with Gasteiger partial charge in [-0.05, 0) is 46.2 Å². The Balaban J connectivity index is 1.94. The Morgan fingerprint density at radius 1 is 1.50 bits per heavy atom. The maximum absolute atomic E-state index is 12.0. The topological polar surface area (TPSA) is 49.6 Å². The summed E-state index contributed by atoms with van der Waals surface area (Å²) in [4.78, 5) is 16.4. The molecule has 1 heterocycles. The predicted molar refractivity (Wildman–Crippen MR) is 64.0 cm³/mol. The fraction of sp³-hybridized carbons (Fsp3) is 0.917. The van der Waals surface area contributed by atoms with Crippen molar-refractivity contribution in [3.8, 4) is 0 Å². The lowest BCUT2D eigenvalue weighted by molar-refractivity contribution is -0.133. The van der Waals surface area contributed by atoms with Gasteiger partial charge in [0.15, 0.2) is 0 Å². The van der Waals surface area contributed by atoms with Gasteiger partial charge < -0.3 is 15.5 Å². The van der Waals surface area contributed by atoms with Crippen molar-refractivity contribution in [2.45, 2.75) is 50.7 Å². The molecule has 0 aromatic heterocycles. The van der Waals surface area contributed by atoms with Crippen molar-refractivity contribution in [1.29, 1.82) is 0 Å². The molecule has 2 N–H and O–H groups in total. The molecule has 0 bridgehead atoms. The number of nitrogens with zero attached hydrogens (tertiary/aromatic N) is 2. The SMILES string of the molecule is C[C@H](N)C(=O)N(CC1CCCN1C)C1CC1. The van der Waals surface area contributed by atoms with Gasteiger partial charge >= 0.3 is 0 Å². The van der Waals surface area contributed by atoms with Crippen LogP contribution in [0.3, 0.4) is 0 Å². The van der Waals surface area contributed by atoms with E-state index in [1.165, 1.54) is 12.8 Å². The van der Waals surface area contributed by atoms with Crippen LogP contribution >= 0.6 is 0 Å². The average molecular weight is 225 g/mol. The van der Waals surface area contributed by atoms with Crippen LogP contribution in [-0.2, 0) is 4.79 Å². The zero-order valence-electron chi connectivity index (χ0n) is 10.4. The van der Waals surface area contributed by atoms with Crippen molar-refractivity contribution in [1.82, 2.24) is 9.80 Å². The van der Waals surface area contributed by atoms with E-state index < -0.39 is 0 Å². The van der Waals surface area contributed by atoms with Gasteiger partial charge in [-0.1, -0.05) is 0 Å². The molecule has 1 unspecified atom stereocenters. The molecule has 0 radical (unpaired) electrons. The van der Waals surface area contributed by atoms with E-state index in [4.69, 9.17) is 5.73 Å². The first-order valence-electron chi connectivity index (χ1n) is 6.36. The Hall–Kier alpha value is -0.610. The minimum Gasteiger partial charge on any atom is -0.337 e. The Morgan fingerprint density at radius 2 is 2.19 bits per heavy atom. The van der Waals surface area contributed by atoms with Crippen molar-refractivity contribution in [3.63, 3.8) is 0 Å². The number of amides is 1. The van der Waals surface area contributed by atoms with Crippen LogP contribution in [0.4, 0.5) is 0 Å². The molecular formula is C12H23N3O. The number of carbonyl (C=O) groups excluding carboxylic acids is 1. The molecular weight excluding hydrogens is 202 g/mol. The van der Waals surface area contributed by atoms with Crippen molar-refractivity contribution >= 4 is 5.91 Å². The fourth-order valence-electron chi connectivity index (χ4n) is 2.50. The maximum atomic E-state index is 12.0. The summed E-state index contributed by atoms with van der Waals surface area (Å²) in [6.45, 7) is 3.83. The standard InChI is InChI=1S/C12H23N3O/c1-9(13)12(16)15(10-5-6-10)8-11-4-3-7-14(11)2/h9-11H,3-8,13H2,1-2H3/t9-,11?/m0/s1. The van der Waals surface area contributed by atoms with Gasteiger partial charge in [-0.3, -0.25) is 4.79 Å². The molecule has 16 heavy (non-hydrogen) atoms. The normalized spacial score (nSPS) is 28.1. The van der Waals surface area contributed by atoms with E-state index in [1.807, 2.05) is 4.90 Å². The monoisotopic (exact) mass is 225 g/mol. The zero-order valence-corrected chi connectivity index (χ0v) is 10.4. The first-order valence-corrected chi connectivity index (χ1v) is 6.36. The van der Waals surface area contributed by atoms with Gasteiger partial charge in [-0.2, -0.15) is 0 Å². The van der Waals surface area contributed by atoms with Crippen molar-refractivity contribution in [2.24, 2.45) is 5.73 Å². The lowest BCUT2D eigenvalue weighted by Gasteiger charge is -2.30. The van der Waals surface area contributed by atoms with E-state index in [2.05, 4.69) is 11.9 Å². The molecule has 0 aromatic carbocycles. The van der Waals surface area contributed by atoms with Crippen molar-refractivity contribution < 1.29 is 4.79 Å². The number of nitrogens with two attached hydrogens (primary N) is 1. The van der Waals surface area contributed by atoms with Crippen LogP contribution in [0.2, 0.25) is 0 Å². The zero-order chi connectivity index (χ0) is 11.7. The van der Waals surface area contributed by atoms with Gasteiger partial charge in [0.2, 0.25) is 5.91 Å². The smallest absolute Gasteiger partial charge is 0.239 e. The third kappa shape index (κ3) is 2.55. The number of likely N-dealkylation sites (tertiary alicyclic amines) is 1. The molecule has 1 amide bonds. The summed E-state index contributed by atoms with van der Waals surface area (Å²) < 4.78 is 0. The number of likely N-dealkylation sites (N-methyl/N-ethyl adjacent to an activating group) is 1. The predicted octanol–water partition coefficient (Wildman–Crippen LogP) is 0.419. The molecule has 2 atom stereocenters. The summed E-state index contributed by atoms with van der Waals surface area (Å²) in [5.41, 5.74) is 5.71. The Kier molecular flexibility index (Phi) is 3.50. The van der Waals surface area contributed by atoms with E-state index in [0.29, 0.717) is 12.1 Å². The highest BCUT2D eigenvalue weighted by Crippen LogP contribution is 2.29. The molecule has 4 heteroatoms. The quantitative estimate of drug-likeness (QED) is 0.754. The lowest BCUT2D eigenvalue weighted by Crippen LogP contribution is -2.48. The largest absolute Gasteiger partial charge is 0.337 e. The molecule has 1 saturated carbocycles. The van der Waals surface area contributed by atoms with Crippen LogP contribution in [0, 0.1) is 0 Å². The summed E-state index contributed by atoms with van der Waals surface area (Å²) in [6.07, 6.45) is 4.79. The average Bonchev–Trinajstić information content (AvgIpc) is 2.99. The van der Waals surface area contributed by atoms with E-state index in [-0.39, 0.29) is 11.9 Å². The van der Waals surface area contributed by atoms with Gasteiger partial charge in [-0.25, -0.2) is 0 Å². The number of rotatable bonds is 4. The third-order valence-electron chi connectivity index (χ3n) is 3.74. The van der Waals surface area contributed by atoms with Gasteiger partial charge in [0, 0.05) is 18.6 Å². The number of hydrogen-bond donors (Lipinski definition) is 1. The van der Waals surface area contributed by atoms with Crippen LogP contribution in [0.25, 0.3) is 0 Å². The van der Waals surface area contributed by atoms with Crippen LogP contribution in [0.15, 0.2) is 0 Å². The first-order chi connectivity index (χ1) is 7.59. The highest BCUT2D eigenvalue weighted by atomic mass is 16.2. The van der Waals surface area contributed by atoms with Crippen LogP contribution in [0.5, 0.6) is 0 Å². The minimum absolute atomic E-state index is 0.128. The van der Waals surface area contributed by atoms with Gasteiger partial charge in [0.25, 0.3) is 0 Å². The second-order valence-corrected chi connectivity index (χ2v) is 5.29. The van der Waals surface area contributed by atoms with Crippen molar-refractivity contribution in [2.75, 3.05) is 20.1 Å². The molecule has 1 aliphatic carbocycles. The molecule has 0 aromatic rings. The molecule has 2 aliphatic rings. The highest BCUT2D eigenvalue weighted by molar-refractivity contribution is 5.81. The molecule has 2 rings (SSSR count). The van der Waals surface area contributed by atoms with Crippen LogP contribution in [-0.4, -0.2) is 54.0 Å². The summed E-state index contributed by atoms with van der Waals surface area (Å²) in [7, 11) is 2.15. The highest BCUT2D eigenvalue weighted by Gasteiger charge is 2.36. The Labute approximate surface area is 97.8 Å². The third-order valence-corrected chi connectivity index (χ3v) is 3.74. The Morgan fingerprint density at radius 3 is 2.62 bits per heavy atom. The Bertz CT molecular complexity index is 263. The van der Waals surface area contributed by atoms with E-state index in [9.17, 15) is 4.79 Å². The van der Waals surface area contributed by atoms with E-state index in [0.717, 1.165) is 25.9 Å². The van der Waals surface area contributed by atoms with E-state index >= 15 is 0 Å². The maximum Gasteiger partial charge on any atom is 0.239 e. The van der Waals surface area contributed by atoms with Crippen LogP contribution < -0.4 is 5.73 Å². The molecule has 1 saturated heterocycles. The molecule has 0 spiro atoms.